The molecule has 0 atom stereocenters. The molecule has 1 aliphatic carbocycles. The topological polar surface area (TPSA) is 113 Å². The van der Waals surface area contributed by atoms with Crippen LogP contribution in [-0.4, -0.2) is 47.9 Å². The van der Waals surface area contributed by atoms with E-state index in [0.717, 1.165) is 42.9 Å². The number of nitrogens with one attached hydrogen (secondary N) is 2. The zero-order valence-corrected chi connectivity index (χ0v) is 18.8. The average molecular weight is 475 g/mol. The first-order chi connectivity index (χ1) is 15.4. The summed E-state index contributed by atoms with van der Waals surface area (Å²) in [6.07, 6.45) is 9.86. The van der Waals surface area contributed by atoms with Crippen LogP contribution in [-0.2, 0) is 10.0 Å². The van der Waals surface area contributed by atoms with Gasteiger partial charge in [-0.2, -0.15) is 16.7 Å². The van der Waals surface area contributed by atoms with E-state index in [-0.39, 0.29) is 16.7 Å². The molecule has 0 unspecified atom stereocenters. The van der Waals surface area contributed by atoms with Gasteiger partial charge in [-0.1, -0.05) is 18.2 Å². The number of rotatable bonds is 6. The Labute approximate surface area is 190 Å². The molecule has 0 saturated carbocycles. The average Bonchev–Trinajstić information content (AvgIpc) is 2.78. The molecule has 1 aliphatic heterocycles. The zero-order valence-electron chi connectivity index (χ0n) is 17.2. The third-order valence-electron chi connectivity index (χ3n) is 4.85. The minimum Gasteiger partial charge on any atom is -0.375 e. The van der Waals surface area contributed by atoms with Crippen LogP contribution >= 0.6 is 11.8 Å². The van der Waals surface area contributed by atoms with Crippen LogP contribution in [0, 0.1) is 5.82 Å². The lowest BCUT2D eigenvalue weighted by atomic mass is 10.1. The molecule has 0 spiro atoms. The van der Waals surface area contributed by atoms with E-state index >= 15 is 0 Å². The number of nitrogens with two attached hydrogens (primary N) is 1. The summed E-state index contributed by atoms with van der Waals surface area (Å²) >= 11 is 1.97. The predicted molar refractivity (Wildman–Crippen MR) is 126 cm³/mol. The van der Waals surface area contributed by atoms with Crippen LogP contribution < -0.4 is 15.8 Å². The normalized spacial score (nSPS) is 17.9. The van der Waals surface area contributed by atoms with E-state index in [1.165, 1.54) is 23.8 Å². The van der Waals surface area contributed by atoms with E-state index in [1.54, 1.807) is 6.07 Å². The molecular weight excluding hydrogens is 451 g/mol. The number of aromatic nitrogens is 2. The first-order valence-corrected chi connectivity index (χ1v) is 12.7. The van der Waals surface area contributed by atoms with Gasteiger partial charge in [-0.15, -0.1) is 0 Å². The first kappa shape index (κ1) is 22.3. The highest BCUT2D eigenvalue weighted by Crippen LogP contribution is 2.23. The molecule has 0 radical (unpaired) electrons. The molecule has 32 heavy (non-hydrogen) atoms. The van der Waals surface area contributed by atoms with Crippen molar-refractivity contribution < 1.29 is 12.8 Å². The van der Waals surface area contributed by atoms with Gasteiger partial charge in [0.1, 0.15) is 0 Å². The molecule has 4 rings (SSSR count). The number of benzene rings is 1. The summed E-state index contributed by atoms with van der Waals surface area (Å²) in [5.74, 6) is 1.82. The Morgan fingerprint density at radius 2 is 2.00 bits per heavy atom. The van der Waals surface area contributed by atoms with Crippen LogP contribution in [0.5, 0.6) is 0 Å². The minimum atomic E-state index is -3.84. The van der Waals surface area contributed by atoms with Crippen molar-refractivity contribution in [2.45, 2.75) is 11.3 Å². The smallest absolute Gasteiger partial charge is 0.238 e. The first-order valence-electron chi connectivity index (χ1n) is 9.97. The van der Waals surface area contributed by atoms with Gasteiger partial charge in [-0.25, -0.2) is 22.9 Å². The fraction of sp³-hybridized carbons (Fsp3) is 0.238. The molecule has 1 aromatic heterocycles. The Bertz CT molecular complexity index is 1190. The lowest BCUT2D eigenvalue weighted by Gasteiger charge is -2.26. The SMILES string of the molecule is NS(=O)(=O)c1cccc(Nc2ncc(F)c(NC3=CCC(=CN4CCSCC4)C=C3)n2)c1. The Balaban J connectivity index is 1.44. The summed E-state index contributed by atoms with van der Waals surface area (Å²) in [5, 5.41) is 11.0. The van der Waals surface area contributed by atoms with Gasteiger partial charge in [0.2, 0.25) is 16.0 Å². The van der Waals surface area contributed by atoms with E-state index in [9.17, 15) is 12.8 Å². The van der Waals surface area contributed by atoms with Gasteiger partial charge in [0.15, 0.2) is 11.6 Å². The Kier molecular flexibility index (Phi) is 6.77. The van der Waals surface area contributed by atoms with Crippen LogP contribution in [0.2, 0.25) is 0 Å². The quantitative estimate of drug-likeness (QED) is 0.585. The lowest BCUT2D eigenvalue weighted by Crippen LogP contribution is -2.28. The van der Waals surface area contributed by atoms with Gasteiger partial charge in [0.25, 0.3) is 0 Å². The maximum Gasteiger partial charge on any atom is 0.238 e. The molecule has 2 aromatic rings. The molecular formula is C21H23FN6O2S2. The highest BCUT2D eigenvalue weighted by Gasteiger charge is 2.13. The number of halogens is 1. The molecule has 11 heteroatoms. The summed E-state index contributed by atoms with van der Waals surface area (Å²) in [6, 6.07) is 5.91. The van der Waals surface area contributed by atoms with Gasteiger partial charge in [-0.3, -0.25) is 0 Å². The summed E-state index contributed by atoms with van der Waals surface area (Å²) in [6.45, 7) is 2.11. The second kappa shape index (κ2) is 9.72. The highest BCUT2D eigenvalue weighted by atomic mass is 32.2. The number of hydrogen-bond acceptors (Lipinski definition) is 8. The number of primary sulfonamides is 1. The van der Waals surface area contributed by atoms with Crippen LogP contribution in [0.15, 0.2) is 71.1 Å². The summed E-state index contributed by atoms with van der Waals surface area (Å²) in [5.41, 5.74) is 2.34. The molecule has 8 nitrogen and oxygen atoms in total. The van der Waals surface area contributed by atoms with E-state index in [1.807, 2.05) is 30.0 Å². The number of sulfonamides is 1. The van der Waals surface area contributed by atoms with Crippen molar-refractivity contribution in [2.24, 2.45) is 5.14 Å². The molecule has 1 aromatic carbocycles. The lowest BCUT2D eigenvalue weighted by molar-refractivity contribution is 0.414. The molecule has 0 amide bonds. The minimum absolute atomic E-state index is 0.0153. The van der Waals surface area contributed by atoms with Crippen molar-refractivity contribution in [3.05, 3.63) is 72.0 Å². The predicted octanol–water partition coefficient (Wildman–Crippen LogP) is 3.20. The van der Waals surface area contributed by atoms with Crippen molar-refractivity contribution in [3.8, 4) is 0 Å². The van der Waals surface area contributed by atoms with E-state index < -0.39 is 15.8 Å². The van der Waals surface area contributed by atoms with Crippen molar-refractivity contribution in [1.29, 1.82) is 0 Å². The molecule has 1 fully saturated rings. The Hall–Kier alpha value is -2.89. The summed E-state index contributed by atoms with van der Waals surface area (Å²) < 4.78 is 37.3. The summed E-state index contributed by atoms with van der Waals surface area (Å²) in [7, 11) is -3.84. The standard InChI is InChI=1S/C21H23FN6O2S2/c22-19-13-24-21(26-17-2-1-3-18(12-17)32(23,29)30)27-20(19)25-16-6-4-15(5-7-16)14-28-8-10-31-11-9-28/h1-4,6-7,12-14H,5,8-11H2,(H2,23,29,30)(H2,24,25,26,27). The number of allylic oxidation sites excluding steroid dienone is 4. The van der Waals surface area contributed by atoms with Gasteiger partial charge in [0.05, 0.1) is 11.1 Å². The maximum atomic E-state index is 14.3. The van der Waals surface area contributed by atoms with E-state index in [2.05, 4.69) is 31.7 Å². The third kappa shape index (κ3) is 5.87. The number of anilines is 3. The van der Waals surface area contributed by atoms with Gasteiger partial charge >= 0.3 is 0 Å². The Morgan fingerprint density at radius 3 is 2.72 bits per heavy atom. The molecule has 4 N–H and O–H groups in total. The number of hydrogen-bond donors (Lipinski definition) is 3. The molecule has 168 valence electrons. The van der Waals surface area contributed by atoms with Gasteiger partial charge in [0, 0.05) is 42.2 Å². The molecule has 0 bridgehead atoms. The fourth-order valence-corrected chi connectivity index (χ4v) is 4.71. The monoisotopic (exact) mass is 474 g/mol. The van der Waals surface area contributed by atoms with Gasteiger partial charge < -0.3 is 15.5 Å². The van der Waals surface area contributed by atoms with Crippen LogP contribution in [0.4, 0.5) is 21.8 Å². The highest BCUT2D eigenvalue weighted by molar-refractivity contribution is 7.99. The zero-order chi connectivity index (χ0) is 22.6. The Morgan fingerprint density at radius 1 is 1.19 bits per heavy atom. The maximum absolute atomic E-state index is 14.3. The van der Waals surface area contributed by atoms with Crippen molar-refractivity contribution in [3.63, 3.8) is 0 Å². The molecule has 1 saturated heterocycles. The summed E-state index contributed by atoms with van der Waals surface area (Å²) in [4.78, 5) is 10.4. The van der Waals surface area contributed by atoms with Gasteiger partial charge in [-0.05, 0) is 36.3 Å². The molecule has 2 aliphatic rings. The van der Waals surface area contributed by atoms with Crippen molar-refractivity contribution in [2.75, 3.05) is 35.2 Å². The largest absolute Gasteiger partial charge is 0.375 e. The second-order valence-electron chi connectivity index (χ2n) is 7.26. The van der Waals surface area contributed by atoms with E-state index in [0.29, 0.717) is 5.69 Å². The van der Waals surface area contributed by atoms with Crippen LogP contribution in [0.3, 0.4) is 0 Å². The van der Waals surface area contributed by atoms with E-state index in [4.69, 9.17) is 5.14 Å². The third-order valence-corrected chi connectivity index (χ3v) is 6.71. The van der Waals surface area contributed by atoms with Crippen LogP contribution in [0.25, 0.3) is 0 Å². The number of thioether (sulfide) groups is 1. The molecule has 2 heterocycles. The van der Waals surface area contributed by atoms with Crippen molar-refractivity contribution in [1.82, 2.24) is 14.9 Å². The second-order valence-corrected chi connectivity index (χ2v) is 10.0. The fourth-order valence-electron chi connectivity index (χ4n) is 3.22. The van der Waals surface area contributed by atoms with Crippen molar-refractivity contribution >= 4 is 39.2 Å². The van der Waals surface area contributed by atoms with Crippen LogP contribution in [0.1, 0.15) is 6.42 Å². The number of nitrogens with zero attached hydrogens (tertiary/aromatic N) is 3.